The third-order valence-corrected chi connectivity index (χ3v) is 7.10. The molecule has 5 atom stereocenters. The first-order chi connectivity index (χ1) is 11.4. The molecule has 4 aliphatic rings. The number of nitrogens with one attached hydrogen (secondary N) is 1. The highest BCUT2D eigenvalue weighted by atomic mass is 16.5. The minimum Gasteiger partial charge on any atom is -0.377 e. The first kappa shape index (κ1) is 16.6. The van der Waals surface area contributed by atoms with Crippen LogP contribution in [0.2, 0.25) is 0 Å². The molecule has 2 amide bonds. The SMILES string of the molecule is CC(C)N1[C@H]2CC[C@H]1CN(C(=O)N[C@@H]1[C@@H]3CCO[C@@H]3C1(C)C)CC2. The minimum absolute atomic E-state index is 0.0612. The normalized spacial score (nSPS) is 41.0. The van der Waals surface area contributed by atoms with Crippen LogP contribution in [0.1, 0.15) is 53.4 Å². The van der Waals surface area contributed by atoms with Crippen LogP contribution in [0.3, 0.4) is 0 Å². The van der Waals surface area contributed by atoms with Crippen LogP contribution < -0.4 is 5.32 Å². The Kier molecular flexibility index (Phi) is 4.07. The minimum atomic E-state index is 0.0612. The molecule has 136 valence electrons. The lowest BCUT2D eigenvalue weighted by Gasteiger charge is -2.54. The van der Waals surface area contributed by atoms with Gasteiger partial charge in [0.25, 0.3) is 0 Å². The van der Waals surface area contributed by atoms with E-state index in [1.165, 1.54) is 12.8 Å². The number of nitrogens with zero attached hydrogens (tertiary/aromatic N) is 2. The van der Waals surface area contributed by atoms with Crippen molar-refractivity contribution in [1.29, 1.82) is 0 Å². The molecule has 1 N–H and O–H groups in total. The molecule has 0 aromatic rings. The van der Waals surface area contributed by atoms with Crippen molar-refractivity contribution in [2.75, 3.05) is 19.7 Å². The summed E-state index contributed by atoms with van der Waals surface area (Å²) in [5.41, 5.74) is 0.0612. The molecule has 24 heavy (non-hydrogen) atoms. The standard InChI is InChI=1S/C19H33N3O2/c1-12(2)22-13-5-6-14(22)11-21(9-7-13)18(23)20-16-15-8-10-24-17(15)19(16,3)4/h12-17H,5-11H2,1-4H3,(H,20,23)/t13-,14-,15-,16+,17-/m0/s1. The molecule has 4 rings (SSSR count). The maximum absolute atomic E-state index is 12.9. The molecule has 2 bridgehead atoms. The van der Waals surface area contributed by atoms with Crippen molar-refractivity contribution in [2.24, 2.45) is 11.3 Å². The summed E-state index contributed by atoms with van der Waals surface area (Å²) in [6, 6.07) is 2.20. The predicted octanol–water partition coefficient (Wildman–Crippen LogP) is 2.46. The van der Waals surface area contributed by atoms with Crippen LogP contribution in [0.5, 0.6) is 0 Å². The van der Waals surface area contributed by atoms with Crippen LogP contribution in [0.25, 0.3) is 0 Å². The summed E-state index contributed by atoms with van der Waals surface area (Å²) in [5, 5.41) is 3.37. The van der Waals surface area contributed by atoms with E-state index in [9.17, 15) is 4.79 Å². The van der Waals surface area contributed by atoms with Crippen LogP contribution in [0, 0.1) is 11.3 Å². The van der Waals surface area contributed by atoms with Crippen LogP contribution >= 0.6 is 0 Å². The molecule has 0 unspecified atom stereocenters. The molecule has 1 saturated carbocycles. The number of ether oxygens (including phenoxy) is 1. The third kappa shape index (κ3) is 2.47. The summed E-state index contributed by atoms with van der Waals surface area (Å²) < 4.78 is 5.85. The van der Waals surface area contributed by atoms with E-state index in [2.05, 4.69) is 42.8 Å². The Labute approximate surface area is 146 Å². The zero-order valence-electron chi connectivity index (χ0n) is 15.6. The van der Waals surface area contributed by atoms with Gasteiger partial charge in [-0.3, -0.25) is 4.90 Å². The van der Waals surface area contributed by atoms with E-state index in [1.54, 1.807) is 0 Å². The van der Waals surface area contributed by atoms with Gasteiger partial charge in [-0.25, -0.2) is 4.79 Å². The zero-order chi connectivity index (χ0) is 17.1. The summed E-state index contributed by atoms with van der Waals surface area (Å²) in [6.45, 7) is 11.7. The van der Waals surface area contributed by atoms with Gasteiger partial charge in [0.1, 0.15) is 0 Å². The first-order valence-electron chi connectivity index (χ1n) is 9.84. The van der Waals surface area contributed by atoms with Crippen molar-refractivity contribution in [1.82, 2.24) is 15.1 Å². The Balaban J connectivity index is 1.41. The van der Waals surface area contributed by atoms with Gasteiger partial charge in [-0.05, 0) is 39.5 Å². The number of carbonyl (C=O) groups excluding carboxylic acids is 1. The molecule has 5 heteroatoms. The monoisotopic (exact) mass is 335 g/mol. The van der Waals surface area contributed by atoms with Gasteiger partial charge in [0.15, 0.2) is 0 Å². The van der Waals surface area contributed by atoms with Crippen molar-refractivity contribution >= 4 is 6.03 Å². The van der Waals surface area contributed by atoms with Gasteiger partial charge < -0.3 is 15.0 Å². The summed E-state index contributed by atoms with van der Waals surface area (Å²) in [5.74, 6) is 0.513. The molecule has 3 saturated heterocycles. The Bertz CT molecular complexity index is 507. The molecular formula is C19H33N3O2. The number of hydrogen-bond acceptors (Lipinski definition) is 3. The number of carbonyl (C=O) groups is 1. The van der Waals surface area contributed by atoms with Crippen LogP contribution in [-0.4, -0.2) is 65.8 Å². The number of hydrogen-bond donors (Lipinski definition) is 1. The van der Waals surface area contributed by atoms with Gasteiger partial charge in [-0.1, -0.05) is 13.8 Å². The molecule has 3 heterocycles. The number of urea groups is 1. The molecule has 0 radical (unpaired) electrons. The van der Waals surface area contributed by atoms with Crippen molar-refractivity contribution in [3.05, 3.63) is 0 Å². The fourth-order valence-electron chi connectivity index (χ4n) is 5.98. The van der Waals surface area contributed by atoms with E-state index in [0.29, 0.717) is 30.1 Å². The lowest BCUT2D eigenvalue weighted by molar-refractivity contribution is -0.109. The summed E-state index contributed by atoms with van der Waals surface area (Å²) in [7, 11) is 0. The van der Waals surface area contributed by atoms with Gasteiger partial charge in [0.05, 0.1) is 6.10 Å². The Hall–Kier alpha value is -0.810. The van der Waals surface area contributed by atoms with Crippen molar-refractivity contribution < 1.29 is 9.53 Å². The summed E-state index contributed by atoms with van der Waals surface area (Å²) >= 11 is 0. The highest BCUT2D eigenvalue weighted by Gasteiger charge is 2.60. The maximum Gasteiger partial charge on any atom is 0.317 e. The van der Waals surface area contributed by atoms with Crippen molar-refractivity contribution in [2.45, 2.75) is 83.6 Å². The van der Waals surface area contributed by atoms with Gasteiger partial charge in [0, 0.05) is 55.2 Å². The molecule has 1 aliphatic carbocycles. The number of amides is 2. The smallest absolute Gasteiger partial charge is 0.317 e. The quantitative estimate of drug-likeness (QED) is 0.843. The van der Waals surface area contributed by atoms with Gasteiger partial charge in [-0.15, -0.1) is 0 Å². The van der Waals surface area contributed by atoms with Crippen molar-refractivity contribution in [3.63, 3.8) is 0 Å². The van der Waals surface area contributed by atoms with Gasteiger partial charge in [0.2, 0.25) is 0 Å². The fourth-order valence-corrected chi connectivity index (χ4v) is 5.98. The Morgan fingerprint density at radius 3 is 2.67 bits per heavy atom. The summed E-state index contributed by atoms with van der Waals surface area (Å²) in [4.78, 5) is 17.7. The topological polar surface area (TPSA) is 44.8 Å². The molecular weight excluding hydrogens is 302 g/mol. The lowest BCUT2D eigenvalue weighted by Crippen LogP contribution is -2.68. The number of likely N-dealkylation sites (tertiary alicyclic amines) is 1. The van der Waals surface area contributed by atoms with Crippen LogP contribution in [0.15, 0.2) is 0 Å². The average Bonchev–Trinajstić information content (AvgIpc) is 3.07. The van der Waals surface area contributed by atoms with Crippen LogP contribution in [0.4, 0.5) is 4.79 Å². The number of fused-ring (bicyclic) bond motifs is 3. The molecule has 3 aliphatic heterocycles. The van der Waals surface area contributed by atoms with E-state index in [-0.39, 0.29) is 17.5 Å². The largest absolute Gasteiger partial charge is 0.377 e. The second-order valence-corrected chi connectivity index (χ2v) is 9.15. The zero-order valence-corrected chi connectivity index (χ0v) is 15.6. The Morgan fingerprint density at radius 1 is 1.17 bits per heavy atom. The molecule has 0 spiro atoms. The fraction of sp³-hybridized carbons (Fsp3) is 0.947. The molecule has 0 aromatic heterocycles. The summed E-state index contributed by atoms with van der Waals surface area (Å²) in [6.07, 6.45) is 5.07. The van der Waals surface area contributed by atoms with Gasteiger partial charge >= 0.3 is 6.03 Å². The van der Waals surface area contributed by atoms with Gasteiger partial charge in [-0.2, -0.15) is 0 Å². The van der Waals surface area contributed by atoms with Crippen LogP contribution in [-0.2, 0) is 4.74 Å². The van der Waals surface area contributed by atoms with E-state index in [4.69, 9.17) is 4.74 Å². The van der Waals surface area contributed by atoms with E-state index in [1.807, 2.05) is 0 Å². The van der Waals surface area contributed by atoms with E-state index < -0.39 is 0 Å². The molecule has 5 nitrogen and oxygen atoms in total. The molecule has 4 fully saturated rings. The molecule has 0 aromatic carbocycles. The lowest BCUT2D eigenvalue weighted by atomic mass is 9.57. The maximum atomic E-state index is 12.9. The second-order valence-electron chi connectivity index (χ2n) is 9.15. The van der Waals surface area contributed by atoms with E-state index >= 15 is 0 Å². The number of rotatable bonds is 2. The van der Waals surface area contributed by atoms with Crippen molar-refractivity contribution in [3.8, 4) is 0 Å². The Morgan fingerprint density at radius 2 is 1.92 bits per heavy atom. The second kappa shape index (κ2) is 5.87. The highest BCUT2D eigenvalue weighted by molar-refractivity contribution is 5.75. The average molecular weight is 335 g/mol. The first-order valence-corrected chi connectivity index (χ1v) is 9.84. The van der Waals surface area contributed by atoms with E-state index in [0.717, 1.165) is 32.5 Å². The highest BCUT2D eigenvalue weighted by Crippen LogP contribution is 2.52. The predicted molar refractivity (Wildman–Crippen MR) is 93.9 cm³/mol. The third-order valence-electron chi connectivity index (χ3n) is 7.10.